The van der Waals surface area contributed by atoms with Crippen LogP contribution < -0.4 is 10.6 Å². The molecule has 0 aliphatic rings. The molecule has 0 aliphatic carbocycles. The average Bonchev–Trinajstić information content (AvgIpc) is 2.33. The Morgan fingerprint density at radius 1 is 1.28 bits per heavy atom. The number of hydrogen-bond acceptors (Lipinski definition) is 4. The average molecular weight is 261 g/mol. The molecule has 0 aromatic heterocycles. The lowest BCUT2D eigenvalue weighted by Crippen LogP contribution is -2.53. The van der Waals surface area contributed by atoms with Crippen molar-refractivity contribution in [3.8, 4) is 0 Å². The van der Waals surface area contributed by atoms with Crippen LogP contribution in [-0.2, 0) is 9.59 Å². The van der Waals surface area contributed by atoms with Gasteiger partial charge in [-0.05, 0) is 13.8 Å². The molecule has 4 N–H and O–H groups in total. The van der Waals surface area contributed by atoms with Crippen molar-refractivity contribution in [2.45, 2.75) is 25.9 Å². The van der Waals surface area contributed by atoms with Crippen LogP contribution in [-0.4, -0.2) is 65.3 Å². The fourth-order valence-corrected chi connectivity index (χ4v) is 1.13. The number of aliphatic hydroxyl groups excluding tert-OH is 1. The molecule has 0 aliphatic heterocycles. The summed E-state index contributed by atoms with van der Waals surface area (Å²) in [6, 6.07) is -2.99. The summed E-state index contributed by atoms with van der Waals surface area (Å²) in [5, 5.41) is 21.7. The number of carbonyl (C=O) groups is 3. The fraction of sp³-hybridized carbons (Fsp3) is 0.700. The molecule has 0 heterocycles. The van der Waals surface area contributed by atoms with E-state index in [4.69, 9.17) is 10.2 Å². The van der Waals surface area contributed by atoms with E-state index in [1.165, 1.54) is 11.8 Å². The number of likely N-dealkylation sites (N-methyl/N-ethyl adjacent to an activating group) is 1. The molecule has 18 heavy (non-hydrogen) atoms. The van der Waals surface area contributed by atoms with E-state index in [2.05, 4.69) is 5.32 Å². The monoisotopic (exact) mass is 261 g/mol. The molecular formula is C10H19N3O5. The molecule has 0 bridgehead atoms. The Bertz CT molecular complexity index is 321. The van der Waals surface area contributed by atoms with Crippen molar-refractivity contribution in [3.63, 3.8) is 0 Å². The van der Waals surface area contributed by atoms with Gasteiger partial charge in [-0.3, -0.25) is 4.79 Å². The highest BCUT2D eigenvalue weighted by molar-refractivity contribution is 5.88. The van der Waals surface area contributed by atoms with Gasteiger partial charge in [-0.2, -0.15) is 0 Å². The first-order valence-corrected chi connectivity index (χ1v) is 5.49. The normalized spacial score (nSPS) is 13.3. The van der Waals surface area contributed by atoms with Crippen LogP contribution in [0.1, 0.15) is 13.8 Å². The van der Waals surface area contributed by atoms with E-state index < -0.39 is 30.7 Å². The van der Waals surface area contributed by atoms with Crippen LogP contribution in [0.5, 0.6) is 0 Å². The highest BCUT2D eigenvalue weighted by Crippen LogP contribution is 1.92. The number of carbonyl (C=O) groups excluding carboxylic acids is 2. The summed E-state index contributed by atoms with van der Waals surface area (Å²) < 4.78 is 0. The van der Waals surface area contributed by atoms with Crippen LogP contribution in [0, 0.1) is 0 Å². The third-order valence-electron chi connectivity index (χ3n) is 2.35. The maximum absolute atomic E-state index is 11.6. The first kappa shape index (κ1) is 16.2. The molecule has 8 nitrogen and oxygen atoms in total. The highest BCUT2D eigenvalue weighted by atomic mass is 16.4. The van der Waals surface area contributed by atoms with Gasteiger partial charge < -0.3 is 25.7 Å². The zero-order chi connectivity index (χ0) is 14.3. The molecule has 0 aromatic carbocycles. The number of aliphatic hydroxyl groups is 1. The van der Waals surface area contributed by atoms with Gasteiger partial charge in [-0.15, -0.1) is 0 Å². The van der Waals surface area contributed by atoms with Crippen molar-refractivity contribution in [1.29, 1.82) is 0 Å². The van der Waals surface area contributed by atoms with E-state index in [9.17, 15) is 14.4 Å². The molecule has 104 valence electrons. The Morgan fingerprint density at radius 3 is 2.22 bits per heavy atom. The minimum atomic E-state index is -1.39. The number of nitrogens with zero attached hydrogens (tertiary/aromatic N) is 1. The summed E-state index contributed by atoms with van der Waals surface area (Å²) in [4.78, 5) is 35.0. The first-order valence-electron chi connectivity index (χ1n) is 5.49. The number of amides is 3. The van der Waals surface area contributed by atoms with Gasteiger partial charge in [0.15, 0.2) is 6.04 Å². The van der Waals surface area contributed by atoms with E-state index in [0.717, 1.165) is 0 Å². The van der Waals surface area contributed by atoms with E-state index in [1.54, 1.807) is 14.0 Å². The third kappa shape index (κ3) is 5.00. The van der Waals surface area contributed by atoms with Crippen LogP contribution in [0.25, 0.3) is 0 Å². The minimum Gasteiger partial charge on any atom is -0.480 e. The number of aliphatic carboxylic acids is 1. The number of carboxylic acids is 1. The summed E-state index contributed by atoms with van der Waals surface area (Å²) in [5.41, 5.74) is 0. The number of urea groups is 1. The van der Waals surface area contributed by atoms with Gasteiger partial charge in [-0.1, -0.05) is 0 Å². The lowest BCUT2D eigenvalue weighted by Gasteiger charge is -2.21. The highest BCUT2D eigenvalue weighted by Gasteiger charge is 2.22. The molecule has 0 saturated heterocycles. The van der Waals surface area contributed by atoms with Gasteiger partial charge >= 0.3 is 12.0 Å². The Kier molecular flexibility index (Phi) is 6.73. The Labute approximate surface area is 105 Å². The summed E-state index contributed by atoms with van der Waals surface area (Å²) in [7, 11) is 1.59. The topological polar surface area (TPSA) is 119 Å². The van der Waals surface area contributed by atoms with E-state index in [1.807, 2.05) is 5.32 Å². The van der Waals surface area contributed by atoms with Crippen molar-refractivity contribution in [1.82, 2.24) is 15.5 Å². The second-order valence-corrected chi connectivity index (χ2v) is 3.77. The minimum absolute atomic E-state index is 0.288. The standard InChI is InChI=1S/C10H19N3O5/c1-4-13(3)8(15)6(2)11-10(18)12-7(5-14)9(16)17/h6-7,14H,4-5H2,1-3H3,(H,16,17)(H2,11,12,18)/t6?,7-/m1/s1. The largest absolute Gasteiger partial charge is 0.480 e. The van der Waals surface area contributed by atoms with Crippen LogP contribution in [0.4, 0.5) is 4.79 Å². The molecule has 0 saturated carbocycles. The smallest absolute Gasteiger partial charge is 0.328 e. The number of rotatable bonds is 6. The number of hydrogen-bond donors (Lipinski definition) is 4. The second kappa shape index (κ2) is 7.49. The fourth-order valence-electron chi connectivity index (χ4n) is 1.13. The SMILES string of the molecule is CCN(C)C(=O)C(C)NC(=O)N[C@H](CO)C(=O)O. The van der Waals surface area contributed by atoms with E-state index in [-0.39, 0.29) is 5.91 Å². The van der Waals surface area contributed by atoms with Crippen molar-refractivity contribution in [2.75, 3.05) is 20.2 Å². The quantitative estimate of drug-likeness (QED) is 0.469. The van der Waals surface area contributed by atoms with Crippen LogP contribution in [0.15, 0.2) is 0 Å². The van der Waals surface area contributed by atoms with Gasteiger partial charge in [0, 0.05) is 13.6 Å². The zero-order valence-corrected chi connectivity index (χ0v) is 10.6. The molecule has 0 rings (SSSR count). The maximum atomic E-state index is 11.6. The molecule has 2 atom stereocenters. The summed E-state index contributed by atoms with van der Waals surface area (Å²) >= 11 is 0. The predicted molar refractivity (Wildman–Crippen MR) is 63.0 cm³/mol. The molecule has 0 aromatic rings. The van der Waals surface area contributed by atoms with Gasteiger partial charge in [0.1, 0.15) is 6.04 Å². The molecule has 0 fully saturated rings. The number of nitrogens with one attached hydrogen (secondary N) is 2. The van der Waals surface area contributed by atoms with Gasteiger partial charge in [0.2, 0.25) is 5.91 Å². The van der Waals surface area contributed by atoms with Crippen molar-refractivity contribution < 1.29 is 24.6 Å². The number of carboxylic acid groups (broad SMARTS) is 1. The maximum Gasteiger partial charge on any atom is 0.328 e. The van der Waals surface area contributed by atoms with Crippen LogP contribution in [0.2, 0.25) is 0 Å². The molecule has 3 amide bonds. The Hall–Kier alpha value is -1.83. The van der Waals surface area contributed by atoms with Crippen molar-refractivity contribution >= 4 is 17.9 Å². The molecule has 1 unspecified atom stereocenters. The van der Waals surface area contributed by atoms with Crippen LogP contribution >= 0.6 is 0 Å². The van der Waals surface area contributed by atoms with Crippen molar-refractivity contribution in [3.05, 3.63) is 0 Å². The second-order valence-electron chi connectivity index (χ2n) is 3.77. The molecule has 8 heteroatoms. The van der Waals surface area contributed by atoms with E-state index >= 15 is 0 Å². The van der Waals surface area contributed by atoms with Crippen molar-refractivity contribution in [2.24, 2.45) is 0 Å². The lowest BCUT2D eigenvalue weighted by molar-refractivity contribution is -0.140. The summed E-state index contributed by atoms with van der Waals surface area (Å²) in [6.45, 7) is 3.06. The predicted octanol–water partition coefficient (Wildman–Crippen LogP) is -1.40. The van der Waals surface area contributed by atoms with Crippen LogP contribution in [0.3, 0.4) is 0 Å². The molecular weight excluding hydrogens is 242 g/mol. The van der Waals surface area contributed by atoms with Gasteiger partial charge in [0.25, 0.3) is 0 Å². The van der Waals surface area contributed by atoms with E-state index in [0.29, 0.717) is 6.54 Å². The summed E-state index contributed by atoms with van der Waals surface area (Å²) in [5.74, 6) is -1.64. The Balaban J connectivity index is 4.31. The summed E-state index contributed by atoms with van der Waals surface area (Å²) in [6.07, 6.45) is 0. The zero-order valence-electron chi connectivity index (χ0n) is 10.6. The lowest BCUT2D eigenvalue weighted by atomic mass is 10.3. The van der Waals surface area contributed by atoms with Gasteiger partial charge in [-0.25, -0.2) is 9.59 Å². The first-order chi connectivity index (χ1) is 8.33. The molecule has 0 spiro atoms. The molecule has 0 radical (unpaired) electrons. The third-order valence-corrected chi connectivity index (χ3v) is 2.35. The Morgan fingerprint density at radius 2 is 1.83 bits per heavy atom. The van der Waals surface area contributed by atoms with Gasteiger partial charge in [0.05, 0.1) is 6.61 Å².